The van der Waals surface area contributed by atoms with Gasteiger partial charge in [-0.1, -0.05) is 26.7 Å². The van der Waals surface area contributed by atoms with Gasteiger partial charge in [0.05, 0.1) is 3.79 Å². The van der Waals surface area contributed by atoms with E-state index in [9.17, 15) is 8.42 Å². The maximum atomic E-state index is 12.4. The van der Waals surface area contributed by atoms with Crippen molar-refractivity contribution >= 4 is 37.3 Å². The molecule has 1 aliphatic rings. The van der Waals surface area contributed by atoms with Crippen molar-refractivity contribution in [3.05, 3.63) is 14.7 Å². The van der Waals surface area contributed by atoms with Gasteiger partial charge < -0.3 is 5.32 Å². The maximum absolute atomic E-state index is 12.4. The van der Waals surface area contributed by atoms with Crippen LogP contribution in [0.2, 0.25) is 0 Å². The van der Waals surface area contributed by atoms with Crippen molar-refractivity contribution in [1.29, 1.82) is 0 Å². The van der Waals surface area contributed by atoms with Gasteiger partial charge in [-0.2, -0.15) is 0 Å². The van der Waals surface area contributed by atoms with Crippen LogP contribution in [-0.4, -0.2) is 21.5 Å². The van der Waals surface area contributed by atoms with Crippen LogP contribution in [0.4, 0.5) is 0 Å². The lowest BCUT2D eigenvalue weighted by molar-refractivity contribution is 0.414. The molecule has 1 saturated carbocycles. The van der Waals surface area contributed by atoms with Gasteiger partial charge in [0.15, 0.2) is 0 Å². The molecule has 1 aliphatic carbocycles. The number of sulfonamides is 1. The average Bonchev–Trinajstić information content (AvgIpc) is 3.00. The molecule has 7 heteroatoms. The second-order valence-corrected chi connectivity index (χ2v) is 9.84. The molecule has 1 aromatic rings. The molecule has 0 aliphatic heterocycles. The highest BCUT2D eigenvalue weighted by molar-refractivity contribution is 9.11. The van der Waals surface area contributed by atoms with Gasteiger partial charge in [0.2, 0.25) is 10.0 Å². The van der Waals surface area contributed by atoms with Crippen LogP contribution in [0.1, 0.15) is 38.0 Å². The summed E-state index contributed by atoms with van der Waals surface area (Å²) in [6, 6.07) is 1.76. The lowest BCUT2D eigenvalue weighted by Gasteiger charge is -2.15. The Morgan fingerprint density at radius 2 is 2.19 bits per heavy atom. The van der Waals surface area contributed by atoms with E-state index in [1.807, 2.05) is 6.92 Å². The van der Waals surface area contributed by atoms with Gasteiger partial charge in [0.1, 0.15) is 4.90 Å². The van der Waals surface area contributed by atoms with Gasteiger partial charge in [-0.25, -0.2) is 13.1 Å². The highest BCUT2D eigenvalue weighted by Gasteiger charge is 2.26. The summed E-state index contributed by atoms with van der Waals surface area (Å²) >= 11 is 4.86. The highest BCUT2D eigenvalue weighted by Crippen LogP contribution is 2.33. The summed E-state index contributed by atoms with van der Waals surface area (Å²) in [6.07, 6.45) is 3.55. The van der Waals surface area contributed by atoms with Crippen molar-refractivity contribution in [3.63, 3.8) is 0 Å². The van der Waals surface area contributed by atoms with Crippen LogP contribution in [0, 0.1) is 11.8 Å². The minimum Gasteiger partial charge on any atom is -0.312 e. The number of rotatable bonds is 7. The van der Waals surface area contributed by atoms with Gasteiger partial charge in [-0.15, -0.1) is 11.3 Å². The molecule has 1 aromatic heterocycles. The molecule has 0 amide bonds. The smallest absolute Gasteiger partial charge is 0.242 e. The largest absolute Gasteiger partial charge is 0.312 e. The second kappa shape index (κ2) is 7.55. The molecular formula is C14H23BrN2O2S2. The lowest BCUT2D eigenvalue weighted by Crippen LogP contribution is -2.30. The first-order chi connectivity index (χ1) is 9.94. The summed E-state index contributed by atoms with van der Waals surface area (Å²) in [5.41, 5.74) is 0. The van der Waals surface area contributed by atoms with Crippen molar-refractivity contribution < 1.29 is 8.42 Å². The van der Waals surface area contributed by atoms with E-state index in [-0.39, 0.29) is 0 Å². The van der Waals surface area contributed by atoms with E-state index in [4.69, 9.17) is 0 Å². The minimum atomic E-state index is -3.42. The quantitative estimate of drug-likeness (QED) is 0.745. The highest BCUT2D eigenvalue weighted by atomic mass is 79.9. The molecular weight excluding hydrogens is 372 g/mol. The molecule has 2 rings (SSSR count). The molecule has 1 heterocycles. The van der Waals surface area contributed by atoms with Crippen molar-refractivity contribution in [2.24, 2.45) is 11.8 Å². The van der Waals surface area contributed by atoms with E-state index < -0.39 is 10.0 Å². The Hall–Kier alpha value is 0.0500. The SMILES string of the molecule is CCNCc1cc(S(=O)(=O)NCC2CCCC2C)c(Br)s1. The van der Waals surface area contributed by atoms with Crippen molar-refractivity contribution in [2.45, 2.75) is 44.6 Å². The Balaban J connectivity index is 2.03. The molecule has 2 atom stereocenters. The minimum absolute atomic E-state index is 0.367. The molecule has 0 bridgehead atoms. The second-order valence-electron chi connectivity index (χ2n) is 5.65. The standard InChI is InChI=1S/C14H23BrN2O2S2/c1-3-16-9-12-7-13(14(15)20-12)21(18,19)17-8-11-6-4-5-10(11)2/h7,10-11,16-17H,3-6,8-9H2,1-2H3. The van der Waals surface area contributed by atoms with Crippen LogP contribution in [0.3, 0.4) is 0 Å². The number of nitrogens with one attached hydrogen (secondary N) is 2. The summed E-state index contributed by atoms with van der Waals surface area (Å²) < 4.78 is 28.4. The van der Waals surface area contributed by atoms with Crippen LogP contribution in [0.25, 0.3) is 0 Å². The van der Waals surface area contributed by atoms with Gasteiger partial charge in [0, 0.05) is 18.0 Å². The molecule has 0 spiro atoms. The van der Waals surface area contributed by atoms with Crippen molar-refractivity contribution in [2.75, 3.05) is 13.1 Å². The molecule has 1 fully saturated rings. The summed E-state index contributed by atoms with van der Waals surface area (Å²) in [5, 5.41) is 3.21. The topological polar surface area (TPSA) is 58.2 Å². The van der Waals surface area contributed by atoms with Crippen molar-refractivity contribution in [1.82, 2.24) is 10.0 Å². The summed E-state index contributed by atoms with van der Waals surface area (Å²) in [6.45, 7) is 6.37. The first-order valence-corrected chi connectivity index (χ1v) is 10.5. The maximum Gasteiger partial charge on any atom is 0.242 e. The average molecular weight is 395 g/mol. The zero-order valence-corrected chi connectivity index (χ0v) is 15.7. The Kier molecular flexibility index (Phi) is 6.25. The van der Waals surface area contributed by atoms with Crippen LogP contribution in [0.15, 0.2) is 14.7 Å². The Morgan fingerprint density at radius 3 is 2.81 bits per heavy atom. The van der Waals surface area contributed by atoms with Crippen LogP contribution >= 0.6 is 27.3 Å². The summed E-state index contributed by atoms with van der Waals surface area (Å²) in [7, 11) is -3.42. The lowest BCUT2D eigenvalue weighted by atomic mass is 9.99. The zero-order chi connectivity index (χ0) is 15.5. The third-order valence-corrected chi connectivity index (χ3v) is 7.80. The van der Waals surface area contributed by atoms with E-state index >= 15 is 0 Å². The first kappa shape index (κ1) is 17.4. The molecule has 2 N–H and O–H groups in total. The molecule has 4 nitrogen and oxygen atoms in total. The summed E-state index contributed by atoms with van der Waals surface area (Å²) in [5.74, 6) is 1.08. The van der Waals surface area contributed by atoms with Gasteiger partial charge in [-0.05, 0) is 46.8 Å². The predicted octanol–water partition coefficient (Wildman–Crippen LogP) is 3.33. The Morgan fingerprint density at radius 1 is 1.43 bits per heavy atom. The molecule has 0 saturated heterocycles. The Bertz CT molecular complexity index is 572. The molecule has 0 radical (unpaired) electrons. The van der Waals surface area contributed by atoms with Crippen LogP contribution in [0.5, 0.6) is 0 Å². The van der Waals surface area contributed by atoms with Gasteiger partial charge in [-0.3, -0.25) is 0 Å². The monoisotopic (exact) mass is 394 g/mol. The van der Waals surface area contributed by atoms with Gasteiger partial charge in [0.25, 0.3) is 0 Å². The predicted molar refractivity (Wildman–Crippen MR) is 91.1 cm³/mol. The number of halogens is 1. The molecule has 2 unspecified atom stereocenters. The molecule has 21 heavy (non-hydrogen) atoms. The first-order valence-electron chi connectivity index (χ1n) is 7.42. The van der Waals surface area contributed by atoms with E-state index in [2.05, 4.69) is 32.9 Å². The fraction of sp³-hybridized carbons (Fsp3) is 0.714. The molecule has 120 valence electrons. The van der Waals surface area contributed by atoms with E-state index in [0.717, 1.165) is 17.8 Å². The van der Waals surface area contributed by atoms with Crippen LogP contribution in [-0.2, 0) is 16.6 Å². The number of thiophene rings is 1. The van der Waals surface area contributed by atoms with Crippen LogP contribution < -0.4 is 10.0 Å². The van der Waals surface area contributed by atoms with E-state index in [1.54, 1.807) is 6.07 Å². The summed E-state index contributed by atoms with van der Waals surface area (Å²) in [4.78, 5) is 1.39. The van der Waals surface area contributed by atoms with E-state index in [0.29, 0.717) is 33.6 Å². The van der Waals surface area contributed by atoms with Crippen molar-refractivity contribution in [3.8, 4) is 0 Å². The van der Waals surface area contributed by atoms with Gasteiger partial charge >= 0.3 is 0 Å². The third kappa shape index (κ3) is 4.51. The third-order valence-electron chi connectivity index (χ3n) is 4.12. The fourth-order valence-corrected chi connectivity index (χ4v) is 6.48. The number of hydrogen-bond acceptors (Lipinski definition) is 4. The fourth-order valence-electron chi connectivity index (χ4n) is 2.74. The molecule has 0 aromatic carbocycles. The Labute approximate surface area is 139 Å². The zero-order valence-electron chi connectivity index (χ0n) is 12.5. The number of hydrogen-bond donors (Lipinski definition) is 2. The van der Waals surface area contributed by atoms with E-state index in [1.165, 1.54) is 24.2 Å². The normalized spacial score (nSPS) is 22.8.